The van der Waals surface area contributed by atoms with Crippen LogP contribution < -0.4 is 0 Å². The van der Waals surface area contributed by atoms with Gasteiger partial charge < -0.3 is 5.11 Å². The third-order valence-electron chi connectivity index (χ3n) is 3.68. The second-order valence-corrected chi connectivity index (χ2v) is 8.44. The Kier molecular flexibility index (Phi) is 4.66. The fraction of sp³-hybridized carbons (Fsp3) is 0.692. The van der Waals surface area contributed by atoms with Crippen LogP contribution in [0.2, 0.25) is 0 Å². The molecular formula is C13H21NO3S2. The molecule has 0 saturated carbocycles. The molecule has 1 aromatic rings. The number of hydrogen-bond donors (Lipinski definition) is 1. The summed E-state index contributed by atoms with van der Waals surface area (Å²) in [6, 6.07) is 1.68. The smallest absolute Gasteiger partial charge is 0.252 e. The molecule has 1 saturated heterocycles. The number of aryl methyl sites for hydroxylation is 1. The largest absolute Gasteiger partial charge is 0.391 e. The van der Waals surface area contributed by atoms with Crippen LogP contribution >= 0.6 is 11.3 Å². The molecule has 1 unspecified atom stereocenters. The van der Waals surface area contributed by atoms with Crippen LogP contribution in [0.1, 0.15) is 36.6 Å². The normalized spacial score (nSPS) is 21.1. The highest BCUT2D eigenvalue weighted by molar-refractivity contribution is 7.91. The van der Waals surface area contributed by atoms with Crippen molar-refractivity contribution >= 4 is 21.4 Å². The fourth-order valence-electron chi connectivity index (χ4n) is 2.56. The van der Waals surface area contributed by atoms with E-state index < -0.39 is 10.0 Å². The molecule has 0 amide bonds. The summed E-state index contributed by atoms with van der Waals surface area (Å²) in [7, 11) is -3.36. The standard InChI is InChI=1S/C13H21NO3S2/c1-3-4-11-5-6-14(8-11)19(16,17)13-7-10(2)12(9-15)18-13/h7,11,15H,3-6,8-9H2,1-2H3. The molecule has 1 aromatic heterocycles. The summed E-state index contributed by atoms with van der Waals surface area (Å²) in [5.74, 6) is 0.498. The monoisotopic (exact) mass is 303 g/mol. The predicted molar refractivity (Wildman–Crippen MR) is 76.8 cm³/mol. The van der Waals surface area contributed by atoms with Gasteiger partial charge in [0.05, 0.1) is 6.61 Å². The molecule has 4 nitrogen and oxygen atoms in total. The van der Waals surface area contributed by atoms with Gasteiger partial charge in [-0.3, -0.25) is 0 Å². The average molecular weight is 303 g/mol. The summed E-state index contributed by atoms with van der Waals surface area (Å²) in [4.78, 5) is 0.739. The number of aliphatic hydroxyl groups excluding tert-OH is 1. The van der Waals surface area contributed by atoms with Crippen molar-refractivity contribution in [2.75, 3.05) is 13.1 Å². The Morgan fingerprint density at radius 3 is 2.84 bits per heavy atom. The van der Waals surface area contributed by atoms with Crippen molar-refractivity contribution in [2.45, 2.75) is 43.9 Å². The van der Waals surface area contributed by atoms with Gasteiger partial charge in [-0.1, -0.05) is 13.3 Å². The highest BCUT2D eigenvalue weighted by Gasteiger charge is 2.33. The minimum absolute atomic E-state index is 0.0928. The zero-order valence-corrected chi connectivity index (χ0v) is 13.1. The maximum absolute atomic E-state index is 12.5. The molecule has 0 radical (unpaired) electrons. The van der Waals surface area contributed by atoms with Crippen LogP contribution in [0.5, 0.6) is 0 Å². The molecule has 1 fully saturated rings. The highest BCUT2D eigenvalue weighted by Crippen LogP contribution is 2.32. The van der Waals surface area contributed by atoms with Gasteiger partial charge >= 0.3 is 0 Å². The van der Waals surface area contributed by atoms with E-state index in [1.165, 1.54) is 11.3 Å². The molecule has 19 heavy (non-hydrogen) atoms. The lowest BCUT2D eigenvalue weighted by atomic mass is 10.0. The summed E-state index contributed by atoms with van der Waals surface area (Å²) in [5, 5.41) is 9.18. The molecule has 0 spiro atoms. The summed E-state index contributed by atoms with van der Waals surface area (Å²) in [6.45, 7) is 5.14. The van der Waals surface area contributed by atoms with Gasteiger partial charge in [0, 0.05) is 18.0 Å². The van der Waals surface area contributed by atoms with Gasteiger partial charge in [0.1, 0.15) is 4.21 Å². The van der Waals surface area contributed by atoms with E-state index in [0.29, 0.717) is 23.2 Å². The number of thiophene rings is 1. The van der Waals surface area contributed by atoms with E-state index >= 15 is 0 Å². The van der Waals surface area contributed by atoms with Crippen molar-refractivity contribution in [3.05, 3.63) is 16.5 Å². The Bertz CT molecular complexity index is 536. The summed E-state index contributed by atoms with van der Waals surface area (Å²) in [5.41, 5.74) is 0.857. The zero-order chi connectivity index (χ0) is 14.0. The highest BCUT2D eigenvalue weighted by atomic mass is 32.2. The van der Waals surface area contributed by atoms with E-state index in [2.05, 4.69) is 6.92 Å². The quantitative estimate of drug-likeness (QED) is 0.908. The number of rotatable bonds is 5. The van der Waals surface area contributed by atoms with Crippen LogP contribution in [-0.2, 0) is 16.6 Å². The zero-order valence-electron chi connectivity index (χ0n) is 11.4. The SMILES string of the molecule is CCCC1CCN(S(=O)(=O)c2cc(C)c(CO)s2)C1. The van der Waals surface area contributed by atoms with Crippen molar-refractivity contribution in [3.8, 4) is 0 Å². The van der Waals surface area contributed by atoms with Gasteiger partial charge in [-0.25, -0.2) is 8.42 Å². The van der Waals surface area contributed by atoms with Crippen LogP contribution in [0.4, 0.5) is 0 Å². The van der Waals surface area contributed by atoms with Crippen LogP contribution in [-0.4, -0.2) is 30.9 Å². The Hall–Kier alpha value is -0.430. The van der Waals surface area contributed by atoms with Crippen molar-refractivity contribution < 1.29 is 13.5 Å². The Balaban J connectivity index is 2.18. The molecule has 0 bridgehead atoms. The second-order valence-electron chi connectivity index (χ2n) is 5.14. The van der Waals surface area contributed by atoms with E-state index in [0.717, 1.165) is 29.7 Å². The van der Waals surface area contributed by atoms with Crippen molar-refractivity contribution in [1.82, 2.24) is 4.31 Å². The molecule has 1 aliphatic rings. The average Bonchev–Trinajstić information content (AvgIpc) is 2.96. The van der Waals surface area contributed by atoms with Crippen LogP contribution in [0.3, 0.4) is 0 Å². The Morgan fingerprint density at radius 1 is 1.53 bits per heavy atom. The van der Waals surface area contributed by atoms with Gasteiger partial charge in [-0.2, -0.15) is 4.31 Å². The molecule has 1 atom stereocenters. The third-order valence-corrected chi connectivity index (χ3v) is 7.22. The van der Waals surface area contributed by atoms with Gasteiger partial charge in [-0.15, -0.1) is 11.3 Å². The van der Waals surface area contributed by atoms with Crippen LogP contribution in [0.25, 0.3) is 0 Å². The lowest BCUT2D eigenvalue weighted by Crippen LogP contribution is -2.28. The lowest BCUT2D eigenvalue weighted by Gasteiger charge is -2.15. The third kappa shape index (κ3) is 3.02. The molecule has 0 aliphatic carbocycles. The molecule has 1 N–H and O–H groups in total. The number of hydrogen-bond acceptors (Lipinski definition) is 4. The summed E-state index contributed by atoms with van der Waals surface area (Å²) >= 11 is 1.19. The number of aliphatic hydroxyl groups is 1. The Labute approximate surface area is 119 Å². The second kappa shape index (κ2) is 5.91. The first-order valence-electron chi connectivity index (χ1n) is 6.69. The minimum Gasteiger partial charge on any atom is -0.391 e. The van der Waals surface area contributed by atoms with E-state index in [9.17, 15) is 13.5 Å². The van der Waals surface area contributed by atoms with Crippen molar-refractivity contribution in [1.29, 1.82) is 0 Å². The Morgan fingerprint density at radius 2 is 2.26 bits per heavy atom. The lowest BCUT2D eigenvalue weighted by molar-refractivity contribution is 0.285. The minimum atomic E-state index is -3.36. The van der Waals surface area contributed by atoms with E-state index in [-0.39, 0.29) is 6.61 Å². The maximum Gasteiger partial charge on any atom is 0.252 e. The van der Waals surface area contributed by atoms with Gasteiger partial charge in [0.15, 0.2) is 0 Å². The first-order valence-corrected chi connectivity index (χ1v) is 8.95. The first-order chi connectivity index (χ1) is 8.98. The predicted octanol–water partition coefficient (Wildman–Crippen LogP) is 2.36. The van der Waals surface area contributed by atoms with Gasteiger partial charge in [0.25, 0.3) is 10.0 Å². The molecule has 6 heteroatoms. The van der Waals surface area contributed by atoms with E-state index in [1.54, 1.807) is 10.4 Å². The summed E-state index contributed by atoms with van der Waals surface area (Å²) in [6.07, 6.45) is 3.16. The number of sulfonamides is 1. The maximum atomic E-state index is 12.5. The fourth-order valence-corrected chi connectivity index (χ4v) is 5.69. The molecule has 2 rings (SSSR count). The first kappa shape index (κ1) is 15.0. The molecular weight excluding hydrogens is 282 g/mol. The van der Waals surface area contributed by atoms with Crippen LogP contribution in [0, 0.1) is 12.8 Å². The van der Waals surface area contributed by atoms with Gasteiger partial charge in [0.2, 0.25) is 0 Å². The summed E-state index contributed by atoms with van der Waals surface area (Å²) < 4.78 is 27.0. The topological polar surface area (TPSA) is 57.6 Å². The van der Waals surface area contributed by atoms with E-state index in [4.69, 9.17) is 0 Å². The molecule has 0 aromatic carbocycles. The number of nitrogens with zero attached hydrogens (tertiary/aromatic N) is 1. The molecule has 108 valence electrons. The molecule has 2 heterocycles. The van der Waals surface area contributed by atoms with Gasteiger partial charge in [-0.05, 0) is 37.3 Å². The van der Waals surface area contributed by atoms with Crippen molar-refractivity contribution in [3.63, 3.8) is 0 Å². The van der Waals surface area contributed by atoms with E-state index in [1.807, 2.05) is 6.92 Å². The molecule has 1 aliphatic heterocycles. The van der Waals surface area contributed by atoms with Crippen molar-refractivity contribution in [2.24, 2.45) is 5.92 Å². The van der Waals surface area contributed by atoms with Crippen LogP contribution in [0.15, 0.2) is 10.3 Å².